The van der Waals surface area contributed by atoms with E-state index in [1.165, 1.54) is 12.1 Å². The van der Waals surface area contributed by atoms with Crippen molar-refractivity contribution in [1.82, 2.24) is 0 Å². The fourth-order valence-electron chi connectivity index (χ4n) is 1.22. The van der Waals surface area contributed by atoms with Crippen molar-refractivity contribution < 1.29 is 14.6 Å². The van der Waals surface area contributed by atoms with Gasteiger partial charge in [-0.3, -0.25) is 0 Å². The van der Waals surface area contributed by atoms with E-state index in [9.17, 15) is 5.11 Å². The predicted molar refractivity (Wildman–Crippen MR) is 64.7 cm³/mol. The van der Waals surface area contributed by atoms with E-state index in [-0.39, 0.29) is 11.9 Å². The highest BCUT2D eigenvalue weighted by molar-refractivity contribution is 6.32. The Kier molecular flexibility index (Phi) is 4.74. The number of hydrogen-bond donors (Lipinski definition) is 1. The first kappa shape index (κ1) is 13.0. The Balaban J connectivity index is 3.00. The fourth-order valence-corrected chi connectivity index (χ4v) is 1.47. The van der Waals surface area contributed by atoms with Crippen LogP contribution in [0.1, 0.15) is 27.2 Å². The van der Waals surface area contributed by atoms with E-state index in [4.69, 9.17) is 21.1 Å². The van der Waals surface area contributed by atoms with Gasteiger partial charge in [-0.1, -0.05) is 18.5 Å². The third kappa shape index (κ3) is 3.49. The Hall–Kier alpha value is -1.09. The minimum Gasteiger partial charge on any atom is -0.508 e. The van der Waals surface area contributed by atoms with E-state index < -0.39 is 0 Å². The van der Waals surface area contributed by atoms with Crippen LogP contribution in [0, 0.1) is 0 Å². The number of rotatable bonds is 5. The van der Waals surface area contributed by atoms with Gasteiger partial charge in [0.2, 0.25) is 0 Å². The molecule has 16 heavy (non-hydrogen) atoms. The molecule has 0 heterocycles. The quantitative estimate of drug-likeness (QED) is 0.860. The summed E-state index contributed by atoms with van der Waals surface area (Å²) in [5.74, 6) is 1.05. The number of hydrogen-bond acceptors (Lipinski definition) is 3. The Morgan fingerprint density at radius 2 is 2.06 bits per heavy atom. The third-order valence-corrected chi connectivity index (χ3v) is 2.09. The molecule has 0 aliphatic heterocycles. The van der Waals surface area contributed by atoms with E-state index in [0.717, 1.165) is 6.42 Å². The summed E-state index contributed by atoms with van der Waals surface area (Å²) in [5, 5.41) is 9.79. The number of halogens is 1. The number of benzene rings is 1. The number of phenolic OH excluding ortho intramolecular Hbond substituents is 1. The minimum atomic E-state index is 0.00557. The van der Waals surface area contributed by atoms with Crippen LogP contribution in [0.15, 0.2) is 12.1 Å². The summed E-state index contributed by atoms with van der Waals surface area (Å²) in [4.78, 5) is 0. The van der Waals surface area contributed by atoms with Gasteiger partial charge >= 0.3 is 0 Å². The molecule has 0 bridgehead atoms. The van der Waals surface area contributed by atoms with Crippen molar-refractivity contribution in [3.05, 3.63) is 17.2 Å². The summed E-state index contributed by atoms with van der Waals surface area (Å²) in [7, 11) is 0. The smallest absolute Gasteiger partial charge is 0.180 e. The van der Waals surface area contributed by atoms with Crippen LogP contribution >= 0.6 is 11.6 Å². The van der Waals surface area contributed by atoms with Gasteiger partial charge in [0.15, 0.2) is 11.5 Å². The highest BCUT2D eigenvalue weighted by Gasteiger charge is 2.13. The molecule has 0 unspecified atom stereocenters. The molecule has 0 aliphatic rings. The zero-order chi connectivity index (χ0) is 12.1. The monoisotopic (exact) mass is 244 g/mol. The van der Waals surface area contributed by atoms with Crippen molar-refractivity contribution in [2.45, 2.75) is 33.3 Å². The van der Waals surface area contributed by atoms with Gasteiger partial charge in [-0.05, 0) is 20.3 Å². The maximum Gasteiger partial charge on any atom is 0.180 e. The molecular weight excluding hydrogens is 228 g/mol. The first-order chi connectivity index (χ1) is 7.54. The summed E-state index contributed by atoms with van der Waals surface area (Å²) in [6.07, 6.45) is 0.889. The lowest BCUT2D eigenvalue weighted by Gasteiger charge is -2.16. The van der Waals surface area contributed by atoms with Crippen molar-refractivity contribution in [3.63, 3.8) is 0 Å². The van der Waals surface area contributed by atoms with Gasteiger partial charge in [-0.15, -0.1) is 0 Å². The van der Waals surface area contributed by atoms with Gasteiger partial charge in [-0.25, -0.2) is 0 Å². The van der Waals surface area contributed by atoms with Crippen LogP contribution in [0.2, 0.25) is 5.02 Å². The Bertz CT molecular complexity index is 350. The molecule has 4 heteroatoms. The topological polar surface area (TPSA) is 38.7 Å². The van der Waals surface area contributed by atoms with Crippen molar-refractivity contribution in [2.75, 3.05) is 6.61 Å². The normalized spacial score (nSPS) is 10.6. The zero-order valence-electron chi connectivity index (χ0n) is 9.79. The summed E-state index contributed by atoms with van der Waals surface area (Å²) >= 11 is 5.99. The van der Waals surface area contributed by atoms with E-state index in [0.29, 0.717) is 23.1 Å². The molecule has 1 aromatic rings. The molecule has 0 aromatic heterocycles. The van der Waals surface area contributed by atoms with Crippen molar-refractivity contribution in [3.8, 4) is 17.2 Å². The molecule has 0 aliphatic carbocycles. The summed E-state index contributed by atoms with van der Waals surface area (Å²) in [6, 6.07) is 2.96. The Labute approximate surface area is 101 Å². The van der Waals surface area contributed by atoms with Gasteiger partial charge in [-0.2, -0.15) is 0 Å². The minimum absolute atomic E-state index is 0.00557. The first-order valence-corrected chi connectivity index (χ1v) is 5.74. The second kappa shape index (κ2) is 5.85. The zero-order valence-corrected chi connectivity index (χ0v) is 10.5. The SMILES string of the molecule is CCCOc1cc(O)cc(Cl)c1OC(C)C. The maximum absolute atomic E-state index is 9.43. The highest BCUT2D eigenvalue weighted by Crippen LogP contribution is 2.39. The van der Waals surface area contributed by atoms with Gasteiger partial charge in [0.1, 0.15) is 5.75 Å². The molecule has 1 rings (SSSR count). The molecule has 0 atom stereocenters. The number of phenols is 1. The number of aromatic hydroxyl groups is 1. The Morgan fingerprint density at radius 1 is 1.38 bits per heavy atom. The number of ether oxygens (including phenoxy) is 2. The van der Waals surface area contributed by atoms with Crippen LogP contribution in [0.3, 0.4) is 0 Å². The van der Waals surface area contributed by atoms with Crippen molar-refractivity contribution in [1.29, 1.82) is 0 Å². The van der Waals surface area contributed by atoms with Crippen LogP contribution < -0.4 is 9.47 Å². The van der Waals surface area contributed by atoms with E-state index in [1.54, 1.807) is 0 Å². The first-order valence-electron chi connectivity index (χ1n) is 5.36. The van der Waals surface area contributed by atoms with E-state index >= 15 is 0 Å². The lowest BCUT2D eigenvalue weighted by Crippen LogP contribution is -2.08. The van der Waals surface area contributed by atoms with E-state index in [1.807, 2.05) is 20.8 Å². The molecule has 0 saturated heterocycles. The van der Waals surface area contributed by atoms with Gasteiger partial charge in [0.05, 0.1) is 17.7 Å². The van der Waals surface area contributed by atoms with Crippen molar-refractivity contribution >= 4 is 11.6 Å². The van der Waals surface area contributed by atoms with Crippen LogP contribution in [-0.2, 0) is 0 Å². The fraction of sp³-hybridized carbons (Fsp3) is 0.500. The predicted octanol–water partition coefficient (Wildman–Crippen LogP) is 3.62. The lowest BCUT2D eigenvalue weighted by molar-refractivity contribution is 0.220. The molecule has 0 saturated carbocycles. The molecule has 0 fully saturated rings. The molecule has 3 nitrogen and oxygen atoms in total. The average Bonchev–Trinajstić information content (AvgIpc) is 2.19. The maximum atomic E-state index is 9.43. The largest absolute Gasteiger partial charge is 0.508 e. The van der Waals surface area contributed by atoms with Gasteiger partial charge < -0.3 is 14.6 Å². The standard InChI is InChI=1S/C12H17ClO3/c1-4-5-15-11-7-9(14)6-10(13)12(11)16-8(2)3/h6-8,14H,4-5H2,1-3H3. The van der Waals surface area contributed by atoms with Crippen LogP contribution in [0.5, 0.6) is 17.2 Å². The highest BCUT2D eigenvalue weighted by atomic mass is 35.5. The van der Waals surface area contributed by atoms with Gasteiger partial charge in [0.25, 0.3) is 0 Å². The van der Waals surface area contributed by atoms with Crippen molar-refractivity contribution in [2.24, 2.45) is 0 Å². The molecule has 90 valence electrons. The second-order valence-corrected chi connectivity index (χ2v) is 4.18. The molecule has 1 aromatic carbocycles. The average molecular weight is 245 g/mol. The third-order valence-electron chi connectivity index (χ3n) is 1.81. The van der Waals surface area contributed by atoms with Crippen LogP contribution in [0.25, 0.3) is 0 Å². The van der Waals surface area contributed by atoms with Crippen LogP contribution in [0.4, 0.5) is 0 Å². The molecule has 1 N–H and O–H groups in total. The molecule has 0 radical (unpaired) electrons. The second-order valence-electron chi connectivity index (χ2n) is 3.77. The summed E-state index contributed by atoms with van der Waals surface area (Å²) in [6.45, 7) is 6.39. The molecule has 0 amide bonds. The lowest BCUT2D eigenvalue weighted by atomic mass is 10.3. The van der Waals surface area contributed by atoms with E-state index in [2.05, 4.69) is 0 Å². The summed E-state index contributed by atoms with van der Waals surface area (Å²) in [5.41, 5.74) is 0. The molecular formula is C12H17ClO3. The van der Waals surface area contributed by atoms with Gasteiger partial charge in [0, 0.05) is 12.1 Å². The Morgan fingerprint density at radius 3 is 2.62 bits per heavy atom. The van der Waals surface area contributed by atoms with Crippen LogP contribution in [-0.4, -0.2) is 17.8 Å². The summed E-state index contributed by atoms with van der Waals surface area (Å²) < 4.78 is 11.0. The molecule has 0 spiro atoms.